The Kier molecular flexibility index (Phi) is 3.99. The van der Waals surface area contributed by atoms with Crippen LogP contribution in [-0.4, -0.2) is 44.7 Å². The van der Waals surface area contributed by atoms with E-state index >= 15 is 0 Å². The molecule has 7 nitrogen and oxygen atoms in total. The molecule has 2 aliphatic rings. The van der Waals surface area contributed by atoms with Gasteiger partial charge >= 0.3 is 0 Å². The zero-order valence-electron chi connectivity index (χ0n) is 15.4. The maximum atomic E-state index is 13.1. The number of benzene rings is 2. The maximum absolute atomic E-state index is 13.1. The summed E-state index contributed by atoms with van der Waals surface area (Å²) in [5.41, 5.74) is -1.80. The fourth-order valence-electron chi connectivity index (χ4n) is 4.29. The molecular formula is C21H20O7. The molecule has 0 bridgehead atoms. The Morgan fingerprint density at radius 2 is 1.79 bits per heavy atom. The molecule has 0 heterocycles. The van der Waals surface area contributed by atoms with E-state index in [9.17, 15) is 30.0 Å². The molecule has 28 heavy (non-hydrogen) atoms. The van der Waals surface area contributed by atoms with Gasteiger partial charge in [-0.1, -0.05) is 19.1 Å². The monoisotopic (exact) mass is 384 g/mol. The Hall–Kier alpha value is -2.90. The topological polar surface area (TPSA) is 124 Å². The van der Waals surface area contributed by atoms with Crippen molar-refractivity contribution in [2.75, 3.05) is 7.11 Å². The van der Waals surface area contributed by atoms with Gasteiger partial charge in [-0.15, -0.1) is 0 Å². The number of aliphatic hydroxyl groups is 2. The molecule has 0 spiro atoms. The lowest BCUT2D eigenvalue weighted by atomic mass is 9.72. The lowest BCUT2D eigenvalue weighted by Crippen LogP contribution is -2.38. The second kappa shape index (κ2) is 6.05. The number of carbonyl (C=O) groups excluding carboxylic acids is 2. The van der Waals surface area contributed by atoms with E-state index in [1.165, 1.54) is 19.2 Å². The highest BCUT2D eigenvalue weighted by Crippen LogP contribution is 2.51. The molecule has 0 aromatic heterocycles. The molecule has 7 heteroatoms. The average molecular weight is 384 g/mol. The highest BCUT2D eigenvalue weighted by atomic mass is 16.5. The smallest absolute Gasteiger partial charge is 0.202 e. The van der Waals surface area contributed by atoms with Crippen LogP contribution in [-0.2, 0) is 6.42 Å². The first-order valence-electron chi connectivity index (χ1n) is 9.01. The zero-order chi connectivity index (χ0) is 20.4. The second-order valence-corrected chi connectivity index (χ2v) is 7.36. The van der Waals surface area contributed by atoms with Crippen molar-refractivity contribution in [3.63, 3.8) is 0 Å². The van der Waals surface area contributed by atoms with Gasteiger partial charge in [0.05, 0.1) is 35.5 Å². The van der Waals surface area contributed by atoms with Crippen molar-refractivity contribution in [1.82, 2.24) is 0 Å². The fraction of sp³-hybridized carbons (Fsp3) is 0.333. The number of ether oxygens (including phenoxy) is 1. The van der Waals surface area contributed by atoms with Gasteiger partial charge < -0.3 is 25.2 Å². The van der Waals surface area contributed by atoms with E-state index in [1.807, 2.05) is 0 Å². The summed E-state index contributed by atoms with van der Waals surface area (Å²) in [5.74, 6) is -2.14. The van der Waals surface area contributed by atoms with Crippen LogP contribution in [0, 0.1) is 0 Å². The van der Waals surface area contributed by atoms with E-state index in [1.54, 1.807) is 13.0 Å². The molecule has 0 aliphatic heterocycles. The van der Waals surface area contributed by atoms with Gasteiger partial charge in [-0.05, 0) is 12.5 Å². The summed E-state index contributed by atoms with van der Waals surface area (Å²) < 4.78 is 5.19. The summed E-state index contributed by atoms with van der Waals surface area (Å²) in [6.45, 7) is 1.74. The van der Waals surface area contributed by atoms with Crippen molar-refractivity contribution in [2.45, 2.75) is 37.9 Å². The van der Waals surface area contributed by atoms with E-state index in [2.05, 4.69) is 0 Å². The summed E-state index contributed by atoms with van der Waals surface area (Å²) in [5, 5.41) is 42.9. The Labute approximate surface area is 160 Å². The number of hydrogen-bond acceptors (Lipinski definition) is 7. The van der Waals surface area contributed by atoms with Gasteiger partial charge in [0.2, 0.25) is 5.78 Å². The third-order valence-corrected chi connectivity index (χ3v) is 5.83. The van der Waals surface area contributed by atoms with Crippen LogP contribution in [0.4, 0.5) is 0 Å². The number of rotatable bonds is 2. The van der Waals surface area contributed by atoms with Crippen LogP contribution in [0.15, 0.2) is 18.2 Å². The Morgan fingerprint density at radius 3 is 2.43 bits per heavy atom. The number of ketones is 2. The quantitative estimate of drug-likeness (QED) is 0.498. The molecule has 2 atom stereocenters. The molecule has 146 valence electrons. The molecule has 0 radical (unpaired) electrons. The zero-order valence-corrected chi connectivity index (χ0v) is 15.4. The van der Waals surface area contributed by atoms with Gasteiger partial charge in [0.1, 0.15) is 17.2 Å². The number of carbonyl (C=O) groups is 2. The van der Waals surface area contributed by atoms with Gasteiger partial charge in [-0.3, -0.25) is 9.59 Å². The molecule has 2 aromatic carbocycles. The number of aromatic hydroxyl groups is 2. The predicted molar refractivity (Wildman–Crippen MR) is 98.2 cm³/mol. The van der Waals surface area contributed by atoms with E-state index in [0.29, 0.717) is 6.42 Å². The normalized spacial score (nSPS) is 23.1. The molecule has 4 N–H and O–H groups in total. The van der Waals surface area contributed by atoms with Crippen LogP contribution in [0.3, 0.4) is 0 Å². The molecule has 0 saturated carbocycles. The molecule has 4 rings (SSSR count). The first-order chi connectivity index (χ1) is 13.2. The number of methoxy groups -OCH3 is 1. The van der Waals surface area contributed by atoms with Gasteiger partial charge in [0.15, 0.2) is 5.78 Å². The summed E-state index contributed by atoms with van der Waals surface area (Å²) in [7, 11) is 1.36. The van der Waals surface area contributed by atoms with Crippen molar-refractivity contribution in [3.8, 4) is 17.2 Å². The van der Waals surface area contributed by atoms with Gasteiger partial charge in [0, 0.05) is 29.5 Å². The minimum Gasteiger partial charge on any atom is -0.507 e. The Morgan fingerprint density at radius 1 is 1.11 bits per heavy atom. The standard InChI is InChI=1S/C21H20O7/c1-3-21(27)7-10-13(11(22)8-21)19(25)16-15(18(10)24)17(23)9-5-4-6-12(28-2)14(9)20(16)26/h4-6,11,22,24-25,27H,3,7-8H2,1-2H3. The highest BCUT2D eigenvalue weighted by Gasteiger charge is 2.45. The summed E-state index contributed by atoms with van der Waals surface area (Å²) >= 11 is 0. The van der Waals surface area contributed by atoms with Gasteiger partial charge in [-0.2, -0.15) is 0 Å². The SMILES string of the molecule is CCC1(O)Cc2c(O)c3c(c(O)c2C(O)C1)C(=O)c1c(OC)cccc1C3=O. The number of hydrogen-bond donors (Lipinski definition) is 4. The summed E-state index contributed by atoms with van der Waals surface area (Å²) in [6.07, 6.45) is -1.07. The van der Waals surface area contributed by atoms with Crippen molar-refractivity contribution in [2.24, 2.45) is 0 Å². The largest absolute Gasteiger partial charge is 0.507 e. The van der Waals surface area contributed by atoms with Crippen molar-refractivity contribution >= 4 is 11.6 Å². The Bertz CT molecular complexity index is 1040. The van der Waals surface area contributed by atoms with Crippen LogP contribution in [0.25, 0.3) is 0 Å². The number of phenols is 2. The van der Waals surface area contributed by atoms with Crippen LogP contribution in [0.2, 0.25) is 0 Å². The van der Waals surface area contributed by atoms with Crippen molar-refractivity contribution in [3.05, 3.63) is 51.6 Å². The van der Waals surface area contributed by atoms with E-state index in [-0.39, 0.29) is 52.0 Å². The maximum Gasteiger partial charge on any atom is 0.202 e. The van der Waals surface area contributed by atoms with Crippen LogP contribution in [0.1, 0.15) is 68.8 Å². The first kappa shape index (κ1) is 18.5. The van der Waals surface area contributed by atoms with Crippen LogP contribution in [0.5, 0.6) is 17.2 Å². The molecule has 2 aromatic rings. The van der Waals surface area contributed by atoms with Gasteiger partial charge in [-0.25, -0.2) is 0 Å². The minimum absolute atomic E-state index is 0.00696. The van der Waals surface area contributed by atoms with Crippen molar-refractivity contribution in [1.29, 1.82) is 0 Å². The summed E-state index contributed by atoms with van der Waals surface area (Å²) in [4.78, 5) is 26.2. The second-order valence-electron chi connectivity index (χ2n) is 7.36. The molecule has 0 fully saturated rings. The van der Waals surface area contributed by atoms with E-state index < -0.39 is 34.8 Å². The highest BCUT2D eigenvalue weighted by molar-refractivity contribution is 6.31. The van der Waals surface area contributed by atoms with Crippen LogP contribution < -0.4 is 4.74 Å². The average Bonchev–Trinajstić information content (AvgIpc) is 2.67. The van der Waals surface area contributed by atoms with Crippen LogP contribution >= 0.6 is 0 Å². The molecule has 0 saturated heterocycles. The number of phenolic OH excluding ortho intramolecular Hbond substituents is 2. The van der Waals surface area contributed by atoms with E-state index in [0.717, 1.165) is 0 Å². The molecular weight excluding hydrogens is 364 g/mol. The Balaban J connectivity index is 2.04. The molecule has 2 unspecified atom stereocenters. The lowest BCUT2D eigenvalue weighted by molar-refractivity contribution is -0.0260. The fourth-order valence-corrected chi connectivity index (χ4v) is 4.29. The first-order valence-corrected chi connectivity index (χ1v) is 9.01. The minimum atomic E-state index is -1.29. The number of fused-ring (bicyclic) bond motifs is 3. The van der Waals surface area contributed by atoms with Crippen molar-refractivity contribution < 1.29 is 34.8 Å². The van der Waals surface area contributed by atoms with E-state index in [4.69, 9.17) is 4.74 Å². The van der Waals surface area contributed by atoms with Gasteiger partial charge in [0.25, 0.3) is 0 Å². The third kappa shape index (κ3) is 2.30. The molecule has 2 aliphatic carbocycles. The molecule has 0 amide bonds. The number of aliphatic hydroxyl groups excluding tert-OH is 1. The predicted octanol–water partition coefficient (Wildman–Crippen LogP) is 2.00. The lowest BCUT2D eigenvalue weighted by Gasteiger charge is -2.37. The third-order valence-electron chi connectivity index (χ3n) is 5.83. The summed E-state index contributed by atoms with van der Waals surface area (Å²) in [6, 6.07) is 4.54.